The van der Waals surface area contributed by atoms with Crippen LogP contribution in [-0.2, 0) is 25.7 Å². The van der Waals surface area contributed by atoms with Gasteiger partial charge < -0.3 is 14.8 Å². The van der Waals surface area contributed by atoms with Crippen LogP contribution in [-0.4, -0.2) is 48.3 Å². The molecule has 1 saturated heterocycles. The van der Waals surface area contributed by atoms with Gasteiger partial charge in [0.1, 0.15) is 6.29 Å². The monoisotopic (exact) mass is 374 g/mol. The predicted molar refractivity (Wildman–Crippen MR) is 103 cm³/mol. The van der Waals surface area contributed by atoms with E-state index in [9.17, 15) is 14.4 Å². The molecule has 1 N–H and O–H groups in total. The molecule has 0 radical (unpaired) electrons. The molecule has 1 aromatic rings. The van der Waals surface area contributed by atoms with Gasteiger partial charge in [-0.1, -0.05) is 44.2 Å². The van der Waals surface area contributed by atoms with E-state index in [0.29, 0.717) is 26.1 Å². The fourth-order valence-corrected chi connectivity index (χ4v) is 3.54. The van der Waals surface area contributed by atoms with Gasteiger partial charge in [-0.15, -0.1) is 0 Å². The Morgan fingerprint density at radius 1 is 1.30 bits per heavy atom. The molecule has 0 aliphatic carbocycles. The van der Waals surface area contributed by atoms with Crippen LogP contribution in [0.1, 0.15) is 39.2 Å². The number of esters is 1. The Labute approximate surface area is 161 Å². The summed E-state index contributed by atoms with van der Waals surface area (Å²) in [6, 6.07) is 9.73. The van der Waals surface area contributed by atoms with Crippen LogP contribution in [0.5, 0.6) is 0 Å². The largest absolute Gasteiger partial charge is 0.465 e. The van der Waals surface area contributed by atoms with Crippen molar-refractivity contribution in [3.05, 3.63) is 35.9 Å². The zero-order chi connectivity index (χ0) is 19.8. The van der Waals surface area contributed by atoms with Crippen LogP contribution < -0.4 is 5.32 Å². The van der Waals surface area contributed by atoms with Gasteiger partial charge in [0.15, 0.2) is 0 Å². The third-order valence-electron chi connectivity index (χ3n) is 4.86. The zero-order valence-corrected chi connectivity index (χ0v) is 16.4. The Balaban J connectivity index is 2.14. The number of benzene rings is 1. The quantitative estimate of drug-likeness (QED) is 0.530. The van der Waals surface area contributed by atoms with Crippen molar-refractivity contribution < 1.29 is 19.1 Å². The van der Waals surface area contributed by atoms with Crippen molar-refractivity contribution >= 4 is 18.2 Å². The molecule has 2 rings (SSSR count). The van der Waals surface area contributed by atoms with E-state index in [1.807, 2.05) is 44.2 Å². The summed E-state index contributed by atoms with van der Waals surface area (Å²) in [7, 11) is 0. The lowest BCUT2D eigenvalue weighted by molar-refractivity contribution is -0.146. The van der Waals surface area contributed by atoms with Gasteiger partial charge in [-0.2, -0.15) is 0 Å². The average Bonchev–Trinajstić information content (AvgIpc) is 2.95. The summed E-state index contributed by atoms with van der Waals surface area (Å²) < 4.78 is 5.34. The van der Waals surface area contributed by atoms with Gasteiger partial charge in [-0.3, -0.25) is 14.5 Å². The molecule has 1 aliphatic rings. The maximum absolute atomic E-state index is 12.3. The van der Waals surface area contributed by atoms with Gasteiger partial charge in [0.25, 0.3) is 0 Å². The van der Waals surface area contributed by atoms with Crippen LogP contribution in [0, 0.1) is 11.8 Å². The highest BCUT2D eigenvalue weighted by Gasteiger charge is 2.41. The second kappa shape index (κ2) is 10.2. The standard InChI is InChI=1S/C21H30N2O4/c1-15(2)14-27-21(26)10-19-9-18(13-24)20(11-22-16(3)25)23(19)12-17-7-5-4-6-8-17/h4-8,13,15,18-20H,9-12,14H2,1-3H3,(H,22,25). The van der Waals surface area contributed by atoms with Crippen LogP contribution in [0.25, 0.3) is 0 Å². The number of carbonyl (C=O) groups excluding carboxylic acids is 3. The molecule has 1 amide bonds. The summed E-state index contributed by atoms with van der Waals surface area (Å²) in [5.74, 6) is -0.299. The van der Waals surface area contributed by atoms with Crippen LogP contribution >= 0.6 is 0 Å². The molecule has 6 nitrogen and oxygen atoms in total. The van der Waals surface area contributed by atoms with Crippen LogP contribution in [0.4, 0.5) is 0 Å². The van der Waals surface area contributed by atoms with Crippen molar-refractivity contribution in [2.45, 2.75) is 52.2 Å². The summed E-state index contributed by atoms with van der Waals surface area (Å²) in [6.45, 7) is 6.87. The third kappa shape index (κ3) is 6.47. The lowest BCUT2D eigenvalue weighted by Gasteiger charge is -2.31. The summed E-state index contributed by atoms with van der Waals surface area (Å²) in [5, 5.41) is 2.83. The fraction of sp³-hybridized carbons (Fsp3) is 0.571. The van der Waals surface area contributed by atoms with Crippen molar-refractivity contribution in [2.24, 2.45) is 11.8 Å². The van der Waals surface area contributed by atoms with Gasteiger partial charge in [-0.25, -0.2) is 0 Å². The number of aldehydes is 1. The molecular weight excluding hydrogens is 344 g/mol. The Kier molecular flexibility index (Phi) is 7.98. The minimum Gasteiger partial charge on any atom is -0.465 e. The topological polar surface area (TPSA) is 75.7 Å². The Morgan fingerprint density at radius 3 is 2.59 bits per heavy atom. The number of carbonyl (C=O) groups is 3. The highest BCUT2D eigenvalue weighted by molar-refractivity contribution is 5.73. The first-order valence-corrected chi connectivity index (χ1v) is 9.55. The zero-order valence-electron chi connectivity index (χ0n) is 16.4. The molecule has 6 heteroatoms. The minimum atomic E-state index is -0.239. The molecule has 0 aromatic heterocycles. The van der Waals surface area contributed by atoms with Crippen LogP contribution in [0.3, 0.4) is 0 Å². The van der Waals surface area contributed by atoms with E-state index in [1.54, 1.807) is 0 Å². The first-order chi connectivity index (χ1) is 12.9. The van der Waals surface area contributed by atoms with E-state index in [1.165, 1.54) is 6.92 Å². The minimum absolute atomic E-state index is 0.0844. The smallest absolute Gasteiger partial charge is 0.307 e. The third-order valence-corrected chi connectivity index (χ3v) is 4.86. The highest BCUT2D eigenvalue weighted by atomic mass is 16.5. The van der Waals surface area contributed by atoms with E-state index < -0.39 is 0 Å². The second-order valence-electron chi connectivity index (χ2n) is 7.63. The van der Waals surface area contributed by atoms with Crippen molar-refractivity contribution in [3.8, 4) is 0 Å². The Bertz CT molecular complexity index is 632. The van der Waals surface area contributed by atoms with Crippen LogP contribution in [0.2, 0.25) is 0 Å². The summed E-state index contributed by atoms with van der Waals surface area (Å²) in [6.07, 6.45) is 1.79. The Hall–Kier alpha value is -2.21. The highest BCUT2D eigenvalue weighted by Crippen LogP contribution is 2.32. The van der Waals surface area contributed by atoms with Crippen molar-refractivity contribution in [1.29, 1.82) is 0 Å². The van der Waals surface area contributed by atoms with Crippen LogP contribution in [0.15, 0.2) is 30.3 Å². The molecule has 0 saturated carbocycles. The number of rotatable bonds is 9. The normalized spacial score (nSPS) is 22.6. The van der Waals surface area contributed by atoms with Gasteiger partial charge in [0, 0.05) is 38.0 Å². The van der Waals surface area contributed by atoms with Crippen molar-refractivity contribution in [2.75, 3.05) is 13.2 Å². The molecule has 27 heavy (non-hydrogen) atoms. The number of likely N-dealkylation sites (tertiary alicyclic amines) is 1. The molecule has 3 atom stereocenters. The predicted octanol–water partition coefficient (Wildman–Crippen LogP) is 2.17. The van der Waals surface area contributed by atoms with Gasteiger partial charge >= 0.3 is 5.97 Å². The molecule has 3 unspecified atom stereocenters. The SMILES string of the molecule is CC(=O)NCC1C(C=O)CC(CC(=O)OCC(C)C)N1Cc1ccccc1. The molecule has 1 fully saturated rings. The number of amides is 1. The van der Waals surface area contributed by atoms with Gasteiger partial charge in [0.05, 0.1) is 13.0 Å². The number of nitrogens with zero attached hydrogens (tertiary/aromatic N) is 1. The molecule has 1 heterocycles. The van der Waals surface area contributed by atoms with E-state index in [-0.39, 0.29) is 42.2 Å². The van der Waals surface area contributed by atoms with E-state index in [0.717, 1.165) is 11.8 Å². The van der Waals surface area contributed by atoms with Crippen molar-refractivity contribution in [1.82, 2.24) is 10.2 Å². The van der Waals surface area contributed by atoms with Crippen molar-refractivity contribution in [3.63, 3.8) is 0 Å². The summed E-state index contributed by atoms with van der Waals surface area (Å²) in [5.41, 5.74) is 1.11. The fourth-order valence-electron chi connectivity index (χ4n) is 3.54. The molecule has 148 valence electrons. The summed E-state index contributed by atoms with van der Waals surface area (Å²) in [4.78, 5) is 37.5. The van der Waals surface area contributed by atoms with E-state index in [2.05, 4.69) is 10.2 Å². The average molecular weight is 374 g/mol. The molecular formula is C21H30N2O4. The van der Waals surface area contributed by atoms with Gasteiger partial charge in [-0.05, 0) is 17.9 Å². The number of nitrogens with one attached hydrogen (secondary N) is 1. The number of hydrogen-bond donors (Lipinski definition) is 1. The lowest BCUT2D eigenvalue weighted by atomic mass is 10.00. The van der Waals surface area contributed by atoms with E-state index in [4.69, 9.17) is 4.74 Å². The van der Waals surface area contributed by atoms with E-state index >= 15 is 0 Å². The first-order valence-electron chi connectivity index (χ1n) is 9.55. The molecule has 0 bridgehead atoms. The molecule has 1 aliphatic heterocycles. The maximum atomic E-state index is 12.3. The number of hydrogen-bond acceptors (Lipinski definition) is 5. The second-order valence-corrected chi connectivity index (χ2v) is 7.63. The first kappa shape index (κ1) is 21.1. The Morgan fingerprint density at radius 2 is 2.00 bits per heavy atom. The lowest BCUT2D eigenvalue weighted by Crippen LogP contribution is -2.45. The summed E-state index contributed by atoms with van der Waals surface area (Å²) >= 11 is 0. The number of ether oxygens (including phenoxy) is 1. The van der Waals surface area contributed by atoms with Gasteiger partial charge in [0.2, 0.25) is 5.91 Å². The maximum Gasteiger partial charge on any atom is 0.307 e. The molecule has 0 spiro atoms. The molecule has 1 aromatic carbocycles.